The van der Waals surface area contributed by atoms with Crippen molar-refractivity contribution < 1.29 is 90.8 Å². The second-order valence-electron chi connectivity index (χ2n) is 17.2. The van der Waals surface area contributed by atoms with E-state index in [4.69, 9.17) is 14.2 Å². The molecule has 4 aromatic carbocycles. The number of ether oxygens (including phenoxy) is 3. The van der Waals surface area contributed by atoms with Crippen LogP contribution in [-0.2, 0) is 50.8 Å². The maximum Gasteiger partial charge on any atom is 0.226 e. The fourth-order valence-corrected chi connectivity index (χ4v) is 9.59. The van der Waals surface area contributed by atoms with Crippen molar-refractivity contribution in [2.45, 2.75) is 115 Å². The largest absolute Gasteiger partial charge is 0.394 e. The number of rotatable bonds is 12. The van der Waals surface area contributed by atoms with E-state index in [-0.39, 0.29) is 16.7 Å². The highest BCUT2D eigenvalue weighted by molar-refractivity contribution is 5.49. The van der Waals surface area contributed by atoms with Crippen molar-refractivity contribution in [3.05, 3.63) is 142 Å². The molecule has 3 aliphatic rings. The maximum atomic E-state index is 13.1. The Labute approximate surface area is 367 Å². The average molecular weight is 897 g/mol. The molecular formula is C46H56O18. The summed E-state index contributed by atoms with van der Waals surface area (Å²) in [5.74, 6) is -10.1. The monoisotopic (exact) mass is 896 g/mol. The van der Waals surface area contributed by atoms with Gasteiger partial charge in [-0.3, -0.25) is 0 Å². The average Bonchev–Trinajstić information content (AvgIpc) is 3.29. The van der Waals surface area contributed by atoms with Gasteiger partial charge in [0.1, 0.15) is 54.9 Å². The molecule has 0 amide bonds. The van der Waals surface area contributed by atoms with Gasteiger partial charge in [-0.25, -0.2) is 0 Å². The van der Waals surface area contributed by atoms with Gasteiger partial charge in [0.15, 0.2) is 16.8 Å². The van der Waals surface area contributed by atoms with Crippen LogP contribution in [0.2, 0.25) is 0 Å². The van der Waals surface area contributed by atoms with Crippen LogP contribution in [0.3, 0.4) is 0 Å². The molecule has 7 rings (SSSR count). The lowest BCUT2D eigenvalue weighted by molar-refractivity contribution is -0.403. The Hall–Kier alpha value is -3.84. The fourth-order valence-electron chi connectivity index (χ4n) is 9.59. The van der Waals surface area contributed by atoms with Crippen LogP contribution in [0, 0.1) is 6.92 Å². The van der Waals surface area contributed by atoms with Gasteiger partial charge in [-0.1, -0.05) is 91.0 Å². The van der Waals surface area contributed by atoms with Gasteiger partial charge in [-0.2, -0.15) is 0 Å². The molecule has 0 unspecified atom stereocenters. The molecule has 0 aromatic heterocycles. The van der Waals surface area contributed by atoms with Crippen LogP contribution in [0.15, 0.2) is 103 Å². The van der Waals surface area contributed by atoms with Crippen LogP contribution in [0.4, 0.5) is 0 Å². The SMILES string of the molecule is Cc1c([C@@]2(O)O[C@H](CO)[C@@H](O)[C@H](O)[C@]2(O)Cc2ccccc2)cc([C@@]2(O)O[C@H](CO)[C@@H](O)[C@H](O)[C@]2(O)Cc2ccccc2)cc1[C@@]1(O)O[C@H](CO)[C@@H](O)[C@H](O)[C@]1(O)Cc1ccccc1. The molecule has 18 nitrogen and oxygen atoms in total. The minimum atomic E-state index is -3.36. The third-order valence-electron chi connectivity index (χ3n) is 13.3. The molecular weight excluding hydrogens is 840 g/mol. The van der Waals surface area contributed by atoms with Crippen molar-refractivity contribution in [1.29, 1.82) is 0 Å². The Morgan fingerprint density at radius 1 is 0.422 bits per heavy atom. The molecule has 3 aliphatic heterocycles. The van der Waals surface area contributed by atoms with E-state index in [1.165, 1.54) is 43.3 Å². The number of hydrogen-bond donors (Lipinski definition) is 15. The van der Waals surface area contributed by atoms with Crippen LogP contribution >= 0.6 is 0 Å². The summed E-state index contributed by atoms with van der Waals surface area (Å²) < 4.78 is 17.9. The van der Waals surface area contributed by atoms with Crippen molar-refractivity contribution >= 4 is 0 Å². The summed E-state index contributed by atoms with van der Waals surface area (Å²) in [5.41, 5.74) is -11.0. The third-order valence-corrected chi connectivity index (χ3v) is 13.3. The molecule has 3 fully saturated rings. The van der Waals surface area contributed by atoms with Gasteiger partial charge >= 0.3 is 0 Å². The quantitative estimate of drug-likeness (QED) is 0.0662. The lowest BCUT2D eigenvalue weighted by Crippen LogP contribution is -2.74. The first kappa shape index (κ1) is 48.1. The Balaban J connectivity index is 1.59. The van der Waals surface area contributed by atoms with E-state index in [1.54, 1.807) is 54.6 Å². The molecule has 0 spiro atoms. The summed E-state index contributed by atoms with van der Waals surface area (Å²) in [6.07, 6.45) is -20.9. The van der Waals surface area contributed by atoms with Crippen molar-refractivity contribution in [2.75, 3.05) is 19.8 Å². The fraction of sp³-hybridized carbons (Fsp3) is 0.478. The molecule has 0 aliphatic carbocycles. The lowest BCUT2D eigenvalue weighted by Gasteiger charge is -2.56. The van der Waals surface area contributed by atoms with E-state index in [2.05, 4.69) is 0 Å². The van der Waals surface area contributed by atoms with E-state index in [0.29, 0.717) is 0 Å². The van der Waals surface area contributed by atoms with E-state index < -0.39 is 150 Å². The first-order valence-electron chi connectivity index (χ1n) is 20.8. The first-order valence-corrected chi connectivity index (χ1v) is 20.8. The van der Waals surface area contributed by atoms with Gasteiger partial charge in [0, 0.05) is 36.0 Å². The minimum Gasteiger partial charge on any atom is -0.394 e. The van der Waals surface area contributed by atoms with Crippen molar-refractivity contribution in [3.8, 4) is 0 Å². The standard InChI is InChI=1S/C46H56O18/c1-25-30(45(60)42(57,20-27-13-7-3-8-14-27)39(54)36(51)33(23-48)63-45)17-29(44(59)41(56,19-26-11-5-2-6-12-26)38(53)35(50)32(22-47)62-44)18-31(25)46(61)43(58,21-28-15-9-4-10-16-28)40(55)37(52)34(24-49)64-46/h2-18,32-40,47-61H,19-24H2,1H3/t32-,33-,34-,35-,36-,37-,38+,39+,40+,41-,42-,43-,44-,45-,46-/m1/s1. The van der Waals surface area contributed by atoms with Crippen LogP contribution in [0.25, 0.3) is 0 Å². The number of aliphatic hydroxyl groups is 15. The highest BCUT2D eigenvalue weighted by Crippen LogP contribution is 2.54. The molecule has 64 heavy (non-hydrogen) atoms. The topological polar surface area (TPSA) is 331 Å². The minimum absolute atomic E-state index is 0.261. The molecule has 0 bridgehead atoms. The van der Waals surface area contributed by atoms with E-state index in [1.807, 2.05) is 0 Å². The summed E-state index contributed by atoms with van der Waals surface area (Å²) in [4.78, 5) is 0. The van der Waals surface area contributed by atoms with Crippen LogP contribution in [0.5, 0.6) is 0 Å². The first-order chi connectivity index (χ1) is 30.2. The van der Waals surface area contributed by atoms with Gasteiger partial charge < -0.3 is 90.8 Å². The summed E-state index contributed by atoms with van der Waals surface area (Å²) >= 11 is 0. The zero-order valence-corrected chi connectivity index (χ0v) is 34.7. The molecule has 4 aromatic rings. The number of aliphatic hydroxyl groups excluding tert-OH is 9. The van der Waals surface area contributed by atoms with Crippen LogP contribution in [-0.4, -0.2) is 168 Å². The smallest absolute Gasteiger partial charge is 0.226 e. The molecule has 0 radical (unpaired) electrons. The Morgan fingerprint density at radius 2 is 0.688 bits per heavy atom. The molecule has 18 heteroatoms. The molecule has 0 saturated carbocycles. The summed E-state index contributed by atoms with van der Waals surface area (Å²) in [7, 11) is 0. The summed E-state index contributed by atoms with van der Waals surface area (Å²) in [5, 5.41) is 178. The van der Waals surface area contributed by atoms with Crippen molar-refractivity contribution in [3.63, 3.8) is 0 Å². The second-order valence-corrected chi connectivity index (χ2v) is 17.2. The summed E-state index contributed by atoms with van der Waals surface area (Å²) in [6.45, 7) is -2.00. The molecule has 15 atom stereocenters. The van der Waals surface area contributed by atoms with Gasteiger partial charge in [-0.15, -0.1) is 0 Å². The Kier molecular flexibility index (Phi) is 13.3. The third kappa shape index (κ3) is 7.50. The molecule has 348 valence electrons. The molecule has 3 saturated heterocycles. The van der Waals surface area contributed by atoms with Crippen LogP contribution < -0.4 is 0 Å². The van der Waals surface area contributed by atoms with Gasteiger partial charge in [0.2, 0.25) is 17.4 Å². The van der Waals surface area contributed by atoms with Gasteiger partial charge in [0.05, 0.1) is 19.8 Å². The van der Waals surface area contributed by atoms with Crippen molar-refractivity contribution in [1.82, 2.24) is 0 Å². The van der Waals surface area contributed by atoms with E-state index in [9.17, 15) is 76.6 Å². The Morgan fingerprint density at radius 3 is 0.969 bits per heavy atom. The highest BCUT2D eigenvalue weighted by Gasteiger charge is 2.69. The zero-order valence-electron chi connectivity index (χ0n) is 34.7. The highest BCUT2D eigenvalue weighted by atomic mass is 16.7. The Bertz CT molecular complexity index is 2110. The van der Waals surface area contributed by atoms with E-state index in [0.717, 1.165) is 12.1 Å². The zero-order chi connectivity index (χ0) is 46.6. The van der Waals surface area contributed by atoms with Crippen LogP contribution in [0.1, 0.15) is 38.9 Å². The molecule has 15 N–H and O–H groups in total. The van der Waals surface area contributed by atoms with Gasteiger partial charge in [-0.05, 0) is 41.3 Å². The summed E-state index contributed by atoms with van der Waals surface area (Å²) in [6, 6.07) is 25.2. The van der Waals surface area contributed by atoms with E-state index >= 15 is 0 Å². The van der Waals surface area contributed by atoms with Crippen molar-refractivity contribution in [2.24, 2.45) is 0 Å². The normalized spacial score (nSPS) is 40.3. The lowest BCUT2D eigenvalue weighted by atomic mass is 9.67. The predicted octanol–water partition coefficient (Wildman–Crippen LogP) is -3.31. The number of hydrogen-bond acceptors (Lipinski definition) is 18. The second kappa shape index (κ2) is 17.8. The maximum absolute atomic E-state index is 13.1. The number of benzene rings is 4. The predicted molar refractivity (Wildman–Crippen MR) is 220 cm³/mol. The molecule has 3 heterocycles. The van der Waals surface area contributed by atoms with Gasteiger partial charge in [0.25, 0.3) is 0 Å².